The molecule has 1 aliphatic heterocycles. The maximum atomic E-state index is 12.2. The lowest BCUT2D eigenvalue weighted by molar-refractivity contribution is -0.123. The largest absolute Gasteiger partial charge is 0.493 e. The highest BCUT2D eigenvalue weighted by Gasteiger charge is 2.28. The van der Waals surface area contributed by atoms with Gasteiger partial charge in [0.1, 0.15) is 0 Å². The van der Waals surface area contributed by atoms with Crippen molar-refractivity contribution in [3.63, 3.8) is 0 Å². The first-order chi connectivity index (χ1) is 11.7. The van der Waals surface area contributed by atoms with E-state index >= 15 is 0 Å². The molecule has 0 bridgehead atoms. The molecule has 1 aromatic rings. The van der Waals surface area contributed by atoms with E-state index in [0.717, 1.165) is 24.2 Å². The number of carbonyl (C=O) groups is 1. The second kappa shape index (κ2) is 7.85. The predicted molar refractivity (Wildman–Crippen MR) is 90.1 cm³/mol. The molecule has 0 radical (unpaired) electrons. The molecule has 2 atom stereocenters. The number of ether oxygens (including phenoxy) is 2. The van der Waals surface area contributed by atoms with Crippen molar-refractivity contribution in [2.45, 2.75) is 56.9 Å². The van der Waals surface area contributed by atoms with E-state index in [1.807, 2.05) is 18.2 Å². The van der Waals surface area contributed by atoms with Gasteiger partial charge in [0.2, 0.25) is 5.91 Å². The van der Waals surface area contributed by atoms with Crippen molar-refractivity contribution in [3.05, 3.63) is 23.8 Å². The van der Waals surface area contributed by atoms with Gasteiger partial charge in [0.05, 0.1) is 25.4 Å². The molecule has 0 aromatic heterocycles. The molecule has 3 rings (SSSR count). The Balaban J connectivity index is 1.66. The Morgan fingerprint density at radius 1 is 1.38 bits per heavy atom. The standard InChI is InChI=1S/C18H26N2O4/c1-23-16-8-4-5-12(17(16)24-14-6-2-3-7-14)10-20-18(22)15-9-13(21)11-19-15/h4-5,8,13-15,19,21H,2-3,6-7,9-11H2,1H3,(H,20,22)/t13-,15-/m0/s1. The van der Waals surface area contributed by atoms with Crippen molar-refractivity contribution in [2.24, 2.45) is 0 Å². The third kappa shape index (κ3) is 3.99. The molecule has 24 heavy (non-hydrogen) atoms. The monoisotopic (exact) mass is 334 g/mol. The summed E-state index contributed by atoms with van der Waals surface area (Å²) in [6.07, 6.45) is 4.75. The number of nitrogens with one attached hydrogen (secondary N) is 2. The number of β-amino-alcohol motifs (C(OH)–C–C–N with tert-alkyl or cyclic N) is 1. The van der Waals surface area contributed by atoms with Gasteiger partial charge in [0.25, 0.3) is 0 Å². The summed E-state index contributed by atoms with van der Waals surface area (Å²) in [7, 11) is 1.63. The van der Waals surface area contributed by atoms with Gasteiger partial charge in [-0.25, -0.2) is 0 Å². The Labute approximate surface area is 142 Å². The molecular weight excluding hydrogens is 308 g/mol. The molecule has 2 fully saturated rings. The van der Waals surface area contributed by atoms with Gasteiger partial charge in [-0.2, -0.15) is 0 Å². The first-order valence-electron chi connectivity index (χ1n) is 8.69. The third-order valence-corrected chi connectivity index (χ3v) is 4.74. The Bertz CT molecular complexity index is 572. The van der Waals surface area contributed by atoms with Crippen molar-refractivity contribution in [1.82, 2.24) is 10.6 Å². The van der Waals surface area contributed by atoms with Crippen molar-refractivity contribution < 1.29 is 19.4 Å². The van der Waals surface area contributed by atoms with Crippen LogP contribution in [-0.2, 0) is 11.3 Å². The molecule has 2 aliphatic rings. The number of carbonyl (C=O) groups excluding carboxylic acids is 1. The van der Waals surface area contributed by atoms with Gasteiger partial charge >= 0.3 is 0 Å². The van der Waals surface area contributed by atoms with Gasteiger partial charge in [0.15, 0.2) is 11.5 Å². The Kier molecular flexibility index (Phi) is 5.58. The molecule has 1 heterocycles. The molecular formula is C18H26N2O4. The highest BCUT2D eigenvalue weighted by Crippen LogP contribution is 2.34. The molecule has 1 aromatic carbocycles. The maximum absolute atomic E-state index is 12.2. The maximum Gasteiger partial charge on any atom is 0.237 e. The second-order valence-electron chi connectivity index (χ2n) is 6.54. The van der Waals surface area contributed by atoms with Gasteiger partial charge in [-0.3, -0.25) is 4.79 Å². The fourth-order valence-corrected chi connectivity index (χ4v) is 3.39. The van der Waals surface area contributed by atoms with Crippen LogP contribution in [0.2, 0.25) is 0 Å². The average molecular weight is 334 g/mol. The van der Waals surface area contributed by atoms with Crippen LogP contribution in [0.3, 0.4) is 0 Å². The number of methoxy groups -OCH3 is 1. The summed E-state index contributed by atoms with van der Waals surface area (Å²) in [5.41, 5.74) is 0.910. The van der Waals surface area contributed by atoms with Gasteiger partial charge in [-0.1, -0.05) is 12.1 Å². The fourth-order valence-electron chi connectivity index (χ4n) is 3.39. The minimum Gasteiger partial charge on any atom is -0.493 e. The van der Waals surface area contributed by atoms with E-state index in [4.69, 9.17) is 9.47 Å². The Morgan fingerprint density at radius 3 is 2.83 bits per heavy atom. The number of aliphatic hydroxyl groups excluding tert-OH is 1. The number of aliphatic hydroxyl groups is 1. The summed E-state index contributed by atoms with van der Waals surface area (Å²) in [5, 5.41) is 15.5. The zero-order chi connectivity index (χ0) is 16.9. The lowest BCUT2D eigenvalue weighted by Gasteiger charge is -2.20. The van der Waals surface area contributed by atoms with Crippen LogP contribution in [0.4, 0.5) is 0 Å². The molecule has 6 heteroatoms. The Hall–Kier alpha value is -1.79. The molecule has 1 saturated heterocycles. The van der Waals surface area contributed by atoms with E-state index in [0.29, 0.717) is 25.3 Å². The van der Waals surface area contributed by atoms with Gasteiger partial charge in [-0.05, 0) is 38.2 Å². The summed E-state index contributed by atoms with van der Waals surface area (Å²) in [6, 6.07) is 5.40. The topological polar surface area (TPSA) is 79.8 Å². The normalized spacial score (nSPS) is 24.1. The number of rotatable bonds is 6. The van der Waals surface area contributed by atoms with Crippen LogP contribution in [0, 0.1) is 0 Å². The van der Waals surface area contributed by atoms with Crippen LogP contribution in [0.5, 0.6) is 11.5 Å². The van der Waals surface area contributed by atoms with Gasteiger partial charge < -0.3 is 25.2 Å². The lowest BCUT2D eigenvalue weighted by Crippen LogP contribution is -2.40. The molecule has 0 unspecified atom stereocenters. The van der Waals surface area contributed by atoms with Crippen LogP contribution in [0.25, 0.3) is 0 Å². The number of hydrogen-bond donors (Lipinski definition) is 3. The van der Waals surface area contributed by atoms with Crippen LogP contribution >= 0.6 is 0 Å². The van der Waals surface area contributed by atoms with E-state index in [9.17, 15) is 9.90 Å². The second-order valence-corrected chi connectivity index (χ2v) is 6.54. The average Bonchev–Trinajstić information content (AvgIpc) is 3.25. The zero-order valence-electron chi connectivity index (χ0n) is 14.1. The van der Waals surface area contributed by atoms with Crippen LogP contribution in [-0.4, -0.2) is 42.9 Å². The van der Waals surface area contributed by atoms with Crippen molar-refractivity contribution in [3.8, 4) is 11.5 Å². The van der Waals surface area contributed by atoms with Gasteiger partial charge in [0, 0.05) is 18.7 Å². The first kappa shape index (κ1) is 17.0. The molecule has 0 spiro atoms. The SMILES string of the molecule is COc1cccc(CNC(=O)[C@@H]2C[C@H](O)CN2)c1OC1CCCC1. The van der Waals surface area contributed by atoms with Crippen molar-refractivity contribution in [2.75, 3.05) is 13.7 Å². The molecule has 1 amide bonds. The minimum absolute atomic E-state index is 0.0961. The van der Waals surface area contributed by atoms with E-state index in [2.05, 4.69) is 10.6 Å². The number of para-hydroxylation sites is 1. The molecule has 1 aliphatic carbocycles. The molecule has 132 valence electrons. The highest BCUT2D eigenvalue weighted by atomic mass is 16.5. The molecule has 3 N–H and O–H groups in total. The van der Waals surface area contributed by atoms with Gasteiger partial charge in [-0.15, -0.1) is 0 Å². The zero-order valence-corrected chi connectivity index (χ0v) is 14.1. The summed E-state index contributed by atoms with van der Waals surface area (Å²) < 4.78 is 11.6. The fraction of sp³-hybridized carbons (Fsp3) is 0.611. The number of amides is 1. The summed E-state index contributed by atoms with van der Waals surface area (Å²) in [4.78, 5) is 12.2. The molecule has 6 nitrogen and oxygen atoms in total. The van der Waals surface area contributed by atoms with Crippen LogP contribution in [0.15, 0.2) is 18.2 Å². The first-order valence-corrected chi connectivity index (χ1v) is 8.69. The highest BCUT2D eigenvalue weighted by molar-refractivity contribution is 5.82. The van der Waals surface area contributed by atoms with Crippen molar-refractivity contribution in [1.29, 1.82) is 0 Å². The van der Waals surface area contributed by atoms with Crippen molar-refractivity contribution >= 4 is 5.91 Å². The Morgan fingerprint density at radius 2 is 2.17 bits per heavy atom. The smallest absolute Gasteiger partial charge is 0.237 e. The van der Waals surface area contributed by atoms with E-state index in [1.54, 1.807) is 7.11 Å². The predicted octanol–water partition coefficient (Wildman–Crippen LogP) is 1.36. The lowest BCUT2D eigenvalue weighted by atomic mass is 10.1. The summed E-state index contributed by atoms with van der Waals surface area (Å²) in [6.45, 7) is 0.847. The third-order valence-electron chi connectivity index (χ3n) is 4.74. The van der Waals surface area contributed by atoms with E-state index < -0.39 is 6.10 Å². The van der Waals surface area contributed by atoms with Crippen LogP contribution < -0.4 is 20.1 Å². The summed E-state index contributed by atoms with van der Waals surface area (Å²) >= 11 is 0. The number of hydrogen-bond acceptors (Lipinski definition) is 5. The minimum atomic E-state index is -0.446. The van der Waals surface area contributed by atoms with E-state index in [-0.39, 0.29) is 18.1 Å². The van der Waals surface area contributed by atoms with E-state index in [1.165, 1.54) is 12.8 Å². The molecule has 1 saturated carbocycles. The quantitative estimate of drug-likeness (QED) is 0.732. The summed E-state index contributed by atoms with van der Waals surface area (Å²) in [5.74, 6) is 1.33. The number of benzene rings is 1. The van der Waals surface area contributed by atoms with Crippen LogP contribution in [0.1, 0.15) is 37.7 Å².